The van der Waals surface area contributed by atoms with E-state index in [1.54, 1.807) is 0 Å². The molecule has 0 amide bonds. The average Bonchev–Trinajstić information content (AvgIpc) is 3.29. The predicted octanol–water partition coefficient (Wildman–Crippen LogP) is 17.1. The molecule has 0 aromatic rings. The van der Waals surface area contributed by atoms with E-state index in [2.05, 4.69) is 69.4 Å². The third-order valence-electron chi connectivity index (χ3n) is 10.7. The lowest BCUT2D eigenvalue weighted by Crippen LogP contribution is -2.30. The van der Waals surface area contributed by atoms with E-state index >= 15 is 0 Å². The smallest absolute Gasteiger partial charge is 0.306 e. The maximum absolute atomic E-state index is 12.8. The van der Waals surface area contributed by atoms with Crippen molar-refractivity contribution in [3.63, 3.8) is 0 Å². The molecule has 0 aromatic carbocycles. The number of hydrogen-bond acceptors (Lipinski definition) is 6. The summed E-state index contributed by atoms with van der Waals surface area (Å²) < 4.78 is 16.8. The number of allylic oxidation sites excluding steroid dienone is 18. The van der Waals surface area contributed by atoms with Gasteiger partial charge < -0.3 is 14.2 Å². The minimum atomic E-state index is -0.805. The first-order valence-electron chi connectivity index (χ1n) is 26.0. The minimum absolute atomic E-state index is 0.105. The van der Waals surface area contributed by atoms with E-state index < -0.39 is 6.10 Å². The predicted molar refractivity (Wildman–Crippen MR) is 274 cm³/mol. The maximum atomic E-state index is 12.8. The Bertz CT molecular complexity index is 1340. The molecule has 0 saturated heterocycles. The van der Waals surface area contributed by atoms with Gasteiger partial charge in [-0.1, -0.05) is 252 Å². The van der Waals surface area contributed by atoms with Gasteiger partial charge in [0.1, 0.15) is 13.2 Å². The fourth-order valence-corrected chi connectivity index (χ4v) is 6.84. The highest BCUT2D eigenvalue weighted by atomic mass is 16.6. The van der Waals surface area contributed by atoms with Crippen molar-refractivity contribution in [1.29, 1.82) is 0 Å². The van der Waals surface area contributed by atoms with Crippen molar-refractivity contribution in [2.75, 3.05) is 13.2 Å². The Labute approximate surface area is 393 Å². The zero-order valence-corrected chi connectivity index (χ0v) is 41.3. The van der Waals surface area contributed by atoms with Gasteiger partial charge in [0.05, 0.1) is 0 Å². The topological polar surface area (TPSA) is 78.9 Å². The quantitative estimate of drug-likeness (QED) is 0.0262. The van der Waals surface area contributed by atoms with E-state index in [-0.39, 0.29) is 31.1 Å². The largest absolute Gasteiger partial charge is 0.462 e. The van der Waals surface area contributed by atoms with Crippen LogP contribution >= 0.6 is 0 Å². The first-order chi connectivity index (χ1) is 31.5. The Kier molecular flexibility index (Phi) is 48.5. The lowest BCUT2D eigenvalue weighted by Gasteiger charge is -2.18. The molecule has 0 aromatic heterocycles. The van der Waals surface area contributed by atoms with Crippen molar-refractivity contribution in [3.05, 3.63) is 109 Å². The van der Waals surface area contributed by atoms with E-state index in [9.17, 15) is 14.4 Å². The lowest BCUT2D eigenvalue weighted by atomic mass is 10.0. The molecule has 0 saturated carbocycles. The van der Waals surface area contributed by atoms with Gasteiger partial charge in [0, 0.05) is 19.3 Å². The third kappa shape index (κ3) is 49.1. The standard InChI is InChI=1S/C58H94O6/c1-4-7-10-13-16-19-22-25-27-28-29-31-33-36-39-42-45-48-51-57(60)63-54-55(53-62-56(59)50-47-44-41-38-35-32-24-21-18-15-12-9-6-3)64-58(61)52-49-46-43-40-37-34-30-26-23-20-17-14-11-8-5-2/h9-10,12-13,15-16,18-19,21-22,24-25,27-29,31-32,35,55H,4-8,11,14,17,20,23,26,30,33-34,36-54H2,1-3H3/b12-9-,13-10-,18-15-,19-16-,24-21-,25-22-,28-27-,31-29-,35-32-. The number of ether oxygens (including phenoxy) is 3. The molecule has 0 heterocycles. The molecule has 0 bridgehead atoms. The van der Waals surface area contributed by atoms with Crippen LogP contribution in [0.2, 0.25) is 0 Å². The number of carbonyl (C=O) groups excluding carboxylic acids is 3. The second kappa shape index (κ2) is 51.7. The Morgan fingerprint density at radius 2 is 0.641 bits per heavy atom. The molecule has 6 heteroatoms. The molecule has 0 aliphatic heterocycles. The summed E-state index contributed by atoms with van der Waals surface area (Å²) in [5.41, 5.74) is 0. The van der Waals surface area contributed by atoms with E-state index in [0.29, 0.717) is 19.3 Å². The van der Waals surface area contributed by atoms with E-state index in [0.717, 1.165) is 96.3 Å². The van der Waals surface area contributed by atoms with Crippen LogP contribution in [0.4, 0.5) is 0 Å². The van der Waals surface area contributed by atoms with Gasteiger partial charge in [0.25, 0.3) is 0 Å². The molecule has 0 N–H and O–H groups in total. The Morgan fingerprint density at radius 3 is 1.03 bits per heavy atom. The van der Waals surface area contributed by atoms with Crippen molar-refractivity contribution in [2.24, 2.45) is 0 Å². The summed E-state index contributed by atoms with van der Waals surface area (Å²) in [6.07, 6.45) is 69.2. The van der Waals surface area contributed by atoms with Crippen molar-refractivity contribution < 1.29 is 28.6 Å². The monoisotopic (exact) mass is 887 g/mol. The zero-order chi connectivity index (χ0) is 46.5. The van der Waals surface area contributed by atoms with Gasteiger partial charge in [-0.05, 0) is 57.8 Å². The fourth-order valence-electron chi connectivity index (χ4n) is 6.84. The molecular weight excluding hydrogens is 793 g/mol. The normalized spacial score (nSPS) is 13.0. The average molecular weight is 887 g/mol. The van der Waals surface area contributed by atoms with Gasteiger partial charge in [0.15, 0.2) is 6.10 Å². The summed E-state index contributed by atoms with van der Waals surface area (Å²) in [5.74, 6) is -0.969. The summed E-state index contributed by atoms with van der Waals surface area (Å²) in [6, 6.07) is 0. The Morgan fingerprint density at radius 1 is 0.328 bits per heavy atom. The number of esters is 3. The summed E-state index contributed by atoms with van der Waals surface area (Å²) in [4.78, 5) is 38.0. The summed E-state index contributed by atoms with van der Waals surface area (Å²) in [7, 11) is 0. The summed E-state index contributed by atoms with van der Waals surface area (Å²) in [5, 5.41) is 0. The second-order valence-electron chi connectivity index (χ2n) is 16.9. The molecule has 6 nitrogen and oxygen atoms in total. The van der Waals surface area contributed by atoms with Gasteiger partial charge in [0.2, 0.25) is 0 Å². The third-order valence-corrected chi connectivity index (χ3v) is 10.7. The Hall–Kier alpha value is -3.93. The van der Waals surface area contributed by atoms with Crippen LogP contribution in [0.5, 0.6) is 0 Å². The Balaban J connectivity index is 4.49. The van der Waals surface area contributed by atoms with Crippen molar-refractivity contribution in [2.45, 2.75) is 226 Å². The van der Waals surface area contributed by atoms with E-state index in [1.165, 1.54) is 83.5 Å². The van der Waals surface area contributed by atoms with Gasteiger partial charge in [-0.2, -0.15) is 0 Å². The van der Waals surface area contributed by atoms with Crippen molar-refractivity contribution in [1.82, 2.24) is 0 Å². The first-order valence-corrected chi connectivity index (χ1v) is 26.0. The van der Waals surface area contributed by atoms with Crippen LogP contribution < -0.4 is 0 Å². The molecule has 0 radical (unpaired) electrons. The molecule has 0 aliphatic rings. The first kappa shape index (κ1) is 60.1. The SMILES string of the molecule is CC\C=C/C=C\C=C/C=C\CCCCCC(=O)OCC(COC(=O)CCCCCCC\C=C/C=C\C=C/C=C\C=C/CCC)OC(=O)CCCCCCCCCCCCCCCCC. The molecule has 64 heavy (non-hydrogen) atoms. The molecule has 1 atom stereocenters. The van der Waals surface area contributed by atoms with Crippen LogP contribution in [0.1, 0.15) is 220 Å². The molecule has 362 valence electrons. The van der Waals surface area contributed by atoms with Crippen molar-refractivity contribution in [3.8, 4) is 0 Å². The van der Waals surface area contributed by atoms with Crippen LogP contribution in [0.3, 0.4) is 0 Å². The molecule has 1 unspecified atom stereocenters. The number of carbonyl (C=O) groups is 3. The number of unbranched alkanes of at least 4 members (excludes halogenated alkanes) is 23. The van der Waals surface area contributed by atoms with Crippen LogP contribution in [0.25, 0.3) is 0 Å². The van der Waals surface area contributed by atoms with Crippen molar-refractivity contribution >= 4 is 17.9 Å². The molecule has 0 fully saturated rings. The number of hydrogen-bond donors (Lipinski definition) is 0. The van der Waals surface area contributed by atoms with E-state index in [1.807, 2.05) is 60.8 Å². The zero-order valence-electron chi connectivity index (χ0n) is 41.3. The van der Waals surface area contributed by atoms with Crippen LogP contribution in [0, 0.1) is 0 Å². The summed E-state index contributed by atoms with van der Waals surface area (Å²) in [6.45, 7) is 6.35. The van der Waals surface area contributed by atoms with E-state index in [4.69, 9.17) is 14.2 Å². The molecular formula is C58H94O6. The molecule has 0 aliphatic carbocycles. The van der Waals surface area contributed by atoms with Crippen LogP contribution in [-0.4, -0.2) is 37.2 Å². The molecule has 0 spiro atoms. The highest BCUT2D eigenvalue weighted by molar-refractivity contribution is 5.71. The van der Waals surface area contributed by atoms with Gasteiger partial charge in [-0.25, -0.2) is 0 Å². The van der Waals surface area contributed by atoms with Gasteiger partial charge in [-0.15, -0.1) is 0 Å². The minimum Gasteiger partial charge on any atom is -0.462 e. The summed E-state index contributed by atoms with van der Waals surface area (Å²) >= 11 is 0. The maximum Gasteiger partial charge on any atom is 0.306 e. The number of rotatable bonds is 45. The molecule has 0 rings (SSSR count). The fraction of sp³-hybridized carbons (Fsp3) is 0.638. The highest BCUT2D eigenvalue weighted by Crippen LogP contribution is 2.15. The van der Waals surface area contributed by atoms with Crippen LogP contribution in [-0.2, 0) is 28.6 Å². The lowest BCUT2D eigenvalue weighted by molar-refractivity contribution is -0.167. The van der Waals surface area contributed by atoms with Gasteiger partial charge in [-0.3, -0.25) is 14.4 Å². The highest BCUT2D eigenvalue weighted by Gasteiger charge is 2.19. The second-order valence-corrected chi connectivity index (χ2v) is 16.9. The van der Waals surface area contributed by atoms with Gasteiger partial charge >= 0.3 is 17.9 Å². The van der Waals surface area contributed by atoms with Crippen LogP contribution in [0.15, 0.2) is 109 Å².